The van der Waals surface area contributed by atoms with Gasteiger partial charge >= 0.3 is 5.97 Å². The predicted octanol–water partition coefficient (Wildman–Crippen LogP) is 5.15. The summed E-state index contributed by atoms with van der Waals surface area (Å²) < 4.78 is 63.9. The van der Waals surface area contributed by atoms with Crippen molar-refractivity contribution in [2.24, 2.45) is 0 Å². The number of hydrogen-bond donors (Lipinski definition) is 0. The average molecular weight is 578 g/mol. The van der Waals surface area contributed by atoms with E-state index in [4.69, 9.17) is 4.74 Å². The summed E-state index contributed by atoms with van der Waals surface area (Å²) in [4.78, 5) is 13.8. The number of sulfonamides is 1. The van der Waals surface area contributed by atoms with Gasteiger partial charge in [-0.1, -0.05) is 65.7 Å². The summed E-state index contributed by atoms with van der Waals surface area (Å²) in [6.07, 6.45) is 0.206. The topological polar surface area (TPSA) is 97.8 Å². The Balaban J connectivity index is 1.86. The summed E-state index contributed by atoms with van der Waals surface area (Å²) in [6.45, 7) is 4.93. The number of esters is 1. The number of carbonyl (C=O) groups excluding carboxylic acids is 1. The van der Waals surface area contributed by atoms with Gasteiger partial charge in [-0.25, -0.2) is 21.6 Å². The van der Waals surface area contributed by atoms with Gasteiger partial charge < -0.3 is 4.74 Å². The van der Waals surface area contributed by atoms with Crippen LogP contribution in [-0.4, -0.2) is 46.3 Å². The molecule has 4 aromatic carbocycles. The molecule has 0 radical (unpaired) electrons. The molecule has 0 amide bonds. The van der Waals surface area contributed by atoms with Crippen molar-refractivity contribution in [1.29, 1.82) is 0 Å². The Labute approximate surface area is 235 Å². The van der Waals surface area contributed by atoms with E-state index in [1.165, 1.54) is 31.2 Å². The van der Waals surface area contributed by atoms with Crippen LogP contribution in [0.1, 0.15) is 34.4 Å². The fraction of sp³-hybridized carbons (Fsp3) is 0.258. The van der Waals surface area contributed by atoms with Gasteiger partial charge in [-0.05, 0) is 79.4 Å². The predicted molar refractivity (Wildman–Crippen MR) is 154 cm³/mol. The van der Waals surface area contributed by atoms with Crippen molar-refractivity contribution in [3.05, 3.63) is 107 Å². The second kappa shape index (κ2) is 10.1. The molecule has 0 aromatic heterocycles. The molecule has 1 aliphatic heterocycles. The van der Waals surface area contributed by atoms with Crippen molar-refractivity contribution >= 4 is 36.6 Å². The molecule has 0 unspecified atom stereocenters. The Bertz CT molecular complexity index is 1810. The first-order valence-electron chi connectivity index (χ1n) is 12.9. The lowest BCUT2D eigenvalue weighted by molar-refractivity contribution is -0.151. The van der Waals surface area contributed by atoms with Gasteiger partial charge in [0.1, 0.15) is 5.25 Å². The molecule has 9 heteroatoms. The molecule has 40 heavy (non-hydrogen) atoms. The molecule has 7 nitrogen and oxygen atoms in total. The highest BCUT2D eigenvalue weighted by Crippen LogP contribution is 2.48. The third-order valence-corrected chi connectivity index (χ3v) is 12.0. The number of hydrogen-bond acceptors (Lipinski definition) is 6. The van der Waals surface area contributed by atoms with Gasteiger partial charge in [0.25, 0.3) is 0 Å². The van der Waals surface area contributed by atoms with Gasteiger partial charge in [0.2, 0.25) is 10.0 Å². The number of fused-ring (bicyclic) bond motifs is 2. The Morgan fingerprint density at radius 2 is 1.35 bits per heavy atom. The standard InChI is InChI=1S/C31H31NO6S2/c1-21-9-13-26(14-10-21)39(34,35)29-28-20-24-8-6-5-7-23(24)19-25(28)17-18-32(31(29,3)30(33)38-4)40(36,37)27-15-11-22(2)12-16-27/h5-16,19-20,29H,17-18H2,1-4H3/t29-,31+/m0/s1. The first-order valence-corrected chi connectivity index (χ1v) is 15.9. The maximum atomic E-state index is 14.6. The first kappa shape index (κ1) is 28.0. The molecule has 2 atom stereocenters. The van der Waals surface area contributed by atoms with Crippen LogP contribution < -0.4 is 0 Å². The number of aryl methyl sites for hydroxylation is 2. The molecule has 4 aromatic rings. The fourth-order valence-corrected chi connectivity index (χ4v) is 9.59. The van der Waals surface area contributed by atoms with E-state index < -0.39 is 36.6 Å². The first-order chi connectivity index (χ1) is 18.9. The van der Waals surface area contributed by atoms with Crippen molar-refractivity contribution in [2.45, 2.75) is 47.8 Å². The fourth-order valence-electron chi connectivity index (χ4n) is 5.61. The number of methoxy groups -OCH3 is 1. The lowest BCUT2D eigenvalue weighted by Gasteiger charge is -2.41. The number of nitrogens with zero attached hydrogens (tertiary/aromatic N) is 1. The van der Waals surface area contributed by atoms with Gasteiger partial charge in [0, 0.05) is 6.54 Å². The minimum Gasteiger partial charge on any atom is -0.468 e. The number of ether oxygens (including phenoxy) is 1. The second-order valence-corrected chi connectivity index (χ2v) is 14.3. The Morgan fingerprint density at radius 3 is 1.90 bits per heavy atom. The van der Waals surface area contributed by atoms with E-state index in [2.05, 4.69) is 0 Å². The quantitative estimate of drug-likeness (QED) is 0.304. The minimum absolute atomic E-state index is 0.00748. The molecular weight excluding hydrogens is 546 g/mol. The normalized spacial score (nSPS) is 20.1. The molecule has 0 fully saturated rings. The van der Waals surface area contributed by atoms with Crippen LogP contribution in [-0.2, 0) is 35.8 Å². The van der Waals surface area contributed by atoms with Crippen LogP contribution in [0.2, 0.25) is 0 Å². The maximum absolute atomic E-state index is 14.6. The van der Waals surface area contributed by atoms with Crippen LogP contribution in [0.25, 0.3) is 10.8 Å². The van der Waals surface area contributed by atoms with E-state index >= 15 is 0 Å². The van der Waals surface area contributed by atoms with Gasteiger partial charge in [-0.3, -0.25) is 0 Å². The van der Waals surface area contributed by atoms with Crippen molar-refractivity contribution in [1.82, 2.24) is 4.31 Å². The largest absolute Gasteiger partial charge is 0.468 e. The zero-order chi connectivity index (χ0) is 28.9. The highest BCUT2D eigenvalue weighted by atomic mass is 32.2. The third-order valence-electron chi connectivity index (χ3n) is 7.77. The summed E-state index contributed by atoms with van der Waals surface area (Å²) in [6, 6.07) is 23.8. The SMILES string of the molecule is COC(=O)[C@@]1(C)[C@@H](S(=O)(=O)c2ccc(C)cc2)c2cc3ccccc3cc2CCN1S(=O)(=O)c1ccc(C)cc1. The molecule has 0 spiro atoms. The van der Waals surface area contributed by atoms with Gasteiger partial charge in [-0.2, -0.15) is 4.31 Å². The molecule has 0 saturated carbocycles. The lowest BCUT2D eigenvalue weighted by Crippen LogP contribution is -2.60. The molecule has 0 aliphatic carbocycles. The van der Waals surface area contributed by atoms with Crippen LogP contribution >= 0.6 is 0 Å². The monoisotopic (exact) mass is 577 g/mol. The second-order valence-electron chi connectivity index (χ2n) is 10.4. The van der Waals surface area contributed by atoms with Crippen LogP contribution in [0, 0.1) is 13.8 Å². The Kier molecular flexibility index (Phi) is 7.10. The van der Waals surface area contributed by atoms with Gasteiger partial charge in [-0.15, -0.1) is 0 Å². The molecule has 208 valence electrons. The molecule has 0 N–H and O–H groups in total. The number of benzene rings is 4. The van der Waals surface area contributed by atoms with E-state index in [0.29, 0.717) is 11.1 Å². The molecule has 1 aliphatic rings. The van der Waals surface area contributed by atoms with E-state index in [1.807, 2.05) is 44.2 Å². The summed E-state index contributed by atoms with van der Waals surface area (Å²) in [5.41, 5.74) is 0.649. The maximum Gasteiger partial charge on any atom is 0.328 e. The van der Waals surface area contributed by atoms with Crippen LogP contribution in [0.4, 0.5) is 0 Å². The number of carbonyl (C=O) groups is 1. The Morgan fingerprint density at radius 1 is 0.825 bits per heavy atom. The summed E-state index contributed by atoms with van der Waals surface area (Å²) in [7, 11) is -7.53. The Hall–Kier alpha value is -3.53. The van der Waals surface area contributed by atoms with E-state index in [-0.39, 0.29) is 22.8 Å². The van der Waals surface area contributed by atoms with Crippen molar-refractivity contribution in [3.8, 4) is 0 Å². The highest BCUT2D eigenvalue weighted by molar-refractivity contribution is 7.92. The van der Waals surface area contributed by atoms with Gasteiger partial charge in [0.05, 0.1) is 16.9 Å². The summed E-state index contributed by atoms with van der Waals surface area (Å²) in [5, 5.41) is 0.0900. The van der Waals surface area contributed by atoms with Crippen LogP contribution in [0.5, 0.6) is 0 Å². The highest BCUT2D eigenvalue weighted by Gasteiger charge is 2.59. The number of rotatable bonds is 5. The molecule has 0 bridgehead atoms. The molecular formula is C31H31NO6S2. The smallest absolute Gasteiger partial charge is 0.328 e. The minimum atomic E-state index is -4.34. The zero-order valence-electron chi connectivity index (χ0n) is 22.8. The molecule has 0 saturated heterocycles. The van der Waals surface area contributed by atoms with Crippen LogP contribution in [0.3, 0.4) is 0 Å². The third kappa shape index (κ3) is 4.52. The van der Waals surface area contributed by atoms with E-state index in [1.54, 1.807) is 30.3 Å². The summed E-state index contributed by atoms with van der Waals surface area (Å²) >= 11 is 0. The van der Waals surface area contributed by atoms with Crippen molar-refractivity contribution < 1.29 is 26.4 Å². The van der Waals surface area contributed by atoms with Crippen LogP contribution in [0.15, 0.2) is 94.7 Å². The average Bonchev–Trinajstić information content (AvgIpc) is 3.06. The summed E-state index contributed by atoms with van der Waals surface area (Å²) in [5.74, 6) is -0.954. The van der Waals surface area contributed by atoms with E-state index in [0.717, 1.165) is 33.3 Å². The van der Waals surface area contributed by atoms with E-state index in [9.17, 15) is 21.6 Å². The van der Waals surface area contributed by atoms with Crippen molar-refractivity contribution in [2.75, 3.05) is 13.7 Å². The molecule has 5 rings (SSSR count). The zero-order valence-corrected chi connectivity index (χ0v) is 24.4. The van der Waals surface area contributed by atoms with Crippen molar-refractivity contribution in [3.63, 3.8) is 0 Å². The lowest BCUT2D eigenvalue weighted by atomic mass is 9.89. The van der Waals surface area contributed by atoms with Gasteiger partial charge in [0.15, 0.2) is 15.4 Å². The number of sulfone groups is 1. The molecule has 1 heterocycles.